The zero-order chi connectivity index (χ0) is 19.5. The molecule has 0 saturated heterocycles. The summed E-state index contributed by atoms with van der Waals surface area (Å²) in [5, 5.41) is 0.376. The van der Waals surface area contributed by atoms with Crippen LogP contribution in [0.3, 0.4) is 0 Å². The molecular weight excluding hydrogens is 421 g/mol. The van der Waals surface area contributed by atoms with Gasteiger partial charge in [0.05, 0.1) is 35.0 Å². The number of sulfonamides is 1. The molecular formula is C17H14Cl3NO4S. The predicted molar refractivity (Wildman–Crippen MR) is 104 cm³/mol. The molecule has 0 aromatic heterocycles. The number of halogens is 3. The molecule has 0 aliphatic carbocycles. The van der Waals surface area contributed by atoms with E-state index in [1.54, 1.807) is 0 Å². The van der Waals surface area contributed by atoms with Gasteiger partial charge in [-0.2, -0.15) is 0 Å². The molecule has 0 spiro atoms. The number of esters is 1. The number of anilines is 1. The molecule has 0 aliphatic rings. The molecule has 2 aromatic carbocycles. The molecule has 0 atom stereocenters. The van der Waals surface area contributed by atoms with Crippen molar-refractivity contribution in [3.63, 3.8) is 0 Å². The summed E-state index contributed by atoms with van der Waals surface area (Å²) < 4.78 is 31.9. The third kappa shape index (κ3) is 4.15. The van der Waals surface area contributed by atoms with Crippen LogP contribution in [-0.2, 0) is 14.8 Å². The fourth-order valence-corrected chi connectivity index (χ4v) is 4.55. The topological polar surface area (TPSA) is 63.7 Å². The van der Waals surface area contributed by atoms with Gasteiger partial charge in [0.2, 0.25) is 0 Å². The van der Waals surface area contributed by atoms with Crippen molar-refractivity contribution in [3.05, 3.63) is 69.7 Å². The summed E-state index contributed by atoms with van der Waals surface area (Å²) in [6.07, 6.45) is 1.41. The summed E-state index contributed by atoms with van der Waals surface area (Å²) in [7, 11) is -2.88. The Balaban J connectivity index is 2.64. The van der Waals surface area contributed by atoms with E-state index >= 15 is 0 Å². The van der Waals surface area contributed by atoms with Crippen molar-refractivity contribution in [1.82, 2.24) is 0 Å². The SMILES string of the molecule is C=CCN(c1ccc(Cl)c(C(=O)OC)c1)S(=O)(=O)c1cc(Cl)ccc1Cl. The van der Waals surface area contributed by atoms with E-state index in [0.29, 0.717) is 0 Å². The lowest BCUT2D eigenvalue weighted by molar-refractivity contribution is 0.0601. The van der Waals surface area contributed by atoms with Crippen LogP contribution in [0.4, 0.5) is 5.69 Å². The smallest absolute Gasteiger partial charge is 0.339 e. The minimum absolute atomic E-state index is 0.0191. The minimum atomic E-state index is -4.08. The molecule has 5 nitrogen and oxygen atoms in total. The Kier molecular flexibility index (Phi) is 6.58. The van der Waals surface area contributed by atoms with E-state index < -0.39 is 16.0 Å². The van der Waals surface area contributed by atoms with E-state index in [9.17, 15) is 13.2 Å². The average molecular weight is 435 g/mol. The molecule has 0 aliphatic heterocycles. The summed E-state index contributed by atoms with van der Waals surface area (Å²) in [6.45, 7) is 3.52. The van der Waals surface area contributed by atoms with E-state index in [0.717, 1.165) is 4.31 Å². The number of hydrogen-bond donors (Lipinski definition) is 0. The van der Waals surface area contributed by atoms with Crippen molar-refractivity contribution in [3.8, 4) is 0 Å². The molecule has 9 heteroatoms. The fraction of sp³-hybridized carbons (Fsp3) is 0.118. The van der Waals surface area contributed by atoms with Crippen LogP contribution >= 0.6 is 34.8 Å². The van der Waals surface area contributed by atoms with Crippen molar-refractivity contribution in [2.24, 2.45) is 0 Å². The van der Waals surface area contributed by atoms with Gasteiger partial charge in [-0.05, 0) is 36.4 Å². The van der Waals surface area contributed by atoms with Gasteiger partial charge in [-0.3, -0.25) is 4.31 Å². The lowest BCUT2D eigenvalue weighted by atomic mass is 10.2. The Morgan fingerprint density at radius 1 is 1.15 bits per heavy atom. The highest BCUT2D eigenvalue weighted by Gasteiger charge is 2.28. The number of nitrogens with zero attached hydrogens (tertiary/aromatic N) is 1. The van der Waals surface area contributed by atoms with E-state index in [4.69, 9.17) is 34.8 Å². The first kappa shape index (κ1) is 20.6. The molecule has 2 rings (SSSR count). The molecule has 0 radical (unpaired) electrons. The maximum Gasteiger partial charge on any atom is 0.339 e. The number of hydrogen-bond acceptors (Lipinski definition) is 4. The first-order chi connectivity index (χ1) is 12.2. The maximum atomic E-state index is 13.1. The quantitative estimate of drug-likeness (QED) is 0.483. The first-order valence-electron chi connectivity index (χ1n) is 7.19. The Bertz CT molecular complexity index is 960. The summed E-state index contributed by atoms with van der Waals surface area (Å²) in [5.74, 6) is -0.686. The lowest BCUT2D eigenvalue weighted by Crippen LogP contribution is -2.31. The van der Waals surface area contributed by atoms with E-state index in [1.165, 1.54) is 49.6 Å². The van der Waals surface area contributed by atoms with Crippen molar-refractivity contribution in [2.45, 2.75) is 4.90 Å². The molecule has 0 N–H and O–H groups in total. The second-order valence-corrected chi connectivity index (χ2v) is 8.14. The molecule has 138 valence electrons. The second kappa shape index (κ2) is 8.31. The molecule has 0 bridgehead atoms. The molecule has 0 heterocycles. The van der Waals surface area contributed by atoms with Gasteiger partial charge in [0.15, 0.2) is 0 Å². The van der Waals surface area contributed by atoms with E-state index in [1.807, 2.05) is 0 Å². The van der Waals surface area contributed by atoms with E-state index in [-0.39, 0.29) is 37.8 Å². The van der Waals surface area contributed by atoms with Gasteiger partial charge in [-0.1, -0.05) is 40.9 Å². The summed E-state index contributed by atoms with van der Waals surface area (Å²) in [4.78, 5) is 11.7. The van der Waals surface area contributed by atoms with Gasteiger partial charge in [-0.15, -0.1) is 6.58 Å². The van der Waals surface area contributed by atoms with Crippen LogP contribution in [0.2, 0.25) is 15.1 Å². The first-order valence-corrected chi connectivity index (χ1v) is 9.76. The summed E-state index contributed by atoms with van der Waals surface area (Å²) in [6, 6.07) is 8.34. The Hall–Kier alpha value is -1.73. The molecule has 0 unspecified atom stereocenters. The van der Waals surface area contributed by atoms with Crippen LogP contribution in [0, 0.1) is 0 Å². The zero-order valence-electron chi connectivity index (χ0n) is 13.6. The lowest BCUT2D eigenvalue weighted by Gasteiger charge is -2.24. The van der Waals surface area contributed by atoms with Crippen LogP contribution in [0.25, 0.3) is 0 Å². The number of rotatable bonds is 6. The van der Waals surface area contributed by atoms with Gasteiger partial charge in [-0.25, -0.2) is 13.2 Å². The number of ether oxygens (including phenoxy) is 1. The molecule has 26 heavy (non-hydrogen) atoms. The average Bonchev–Trinajstić information content (AvgIpc) is 2.61. The van der Waals surface area contributed by atoms with Crippen LogP contribution in [0.15, 0.2) is 53.9 Å². The van der Waals surface area contributed by atoms with Gasteiger partial charge >= 0.3 is 5.97 Å². The largest absolute Gasteiger partial charge is 0.465 e. The van der Waals surface area contributed by atoms with Gasteiger partial charge in [0, 0.05) is 5.02 Å². The highest BCUT2D eigenvalue weighted by Crippen LogP contribution is 2.32. The standard InChI is InChI=1S/C17H14Cl3NO4S/c1-3-8-21(12-5-7-14(19)13(10-12)17(22)25-2)26(23,24)16-9-11(18)4-6-15(16)20/h3-7,9-10H,1,8H2,2H3. The van der Waals surface area contributed by atoms with Crippen LogP contribution in [-0.4, -0.2) is 28.0 Å². The monoisotopic (exact) mass is 433 g/mol. The van der Waals surface area contributed by atoms with Crippen LogP contribution < -0.4 is 4.31 Å². The fourth-order valence-electron chi connectivity index (χ4n) is 2.19. The normalized spacial score (nSPS) is 11.1. The number of methoxy groups -OCH3 is 1. The second-order valence-electron chi connectivity index (χ2n) is 5.06. The Morgan fingerprint density at radius 3 is 2.42 bits per heavy atom. The van der Waals surface area contributed by atoms with Crippen molar-refractivity contribution >= 4 is 56.5 Å². The third-order valence-corrected chi connectivity index (χ3v) is 6.24. The third-order valence-electron chi connectivity index (χ3n) is 3.40. The minimum Gasteiger partial charge on any atom is -0.465 e. The Morgan fingerprint density at radius 2 is 1.81 bits per heavy atom. The van der Waals surface area contributed by atoms with Crippen molar-refractivity contribution in [2.75, 3.05) is 18.0 Å². The Labute approximate surface area is 166 Å². The number of carbonyl (C=O) groups is 1. The zero-order valence-corrected chi connectivity index (χ0v) is 16.7. The highest BCUT2D eigenvalue weighted by atomic mass is 35.5. The summed E-state index contributed by atoms with van der Waals surface area (Å²) in [5.41, 5.74) is 0.235. The molecule has 0 fully saturated rings. The summed E-state index contributed by atoms with van der Waals surface area (Å²) >= 11 is 18.0. The molecule has 0 amide bonds. The van der Waals surface area contributed by atoms with Crippen LogP contribution in [0.5, 0.6) is 0 Å². The molecule has 0 saturated carbocycles. The maximum absolute atomic E-state index is 13.1. The van der Waals surface area contributed by atoms with Gasteiger partial charge in [0.25, 0.3) is 10.0 Å². The number of benzene rings is 2. The van der Waals surface area contributed by atoms with E-state index in [2.05, 4.69) is 11.3 Å². The van der Waals surface area contributed by atoms with Gasteiger partial charge < -0.3 is 4.74 Å². The van der Waals surface area contributed by atoms with Crippen molar-refractivity contribution < 1.29 is 17.9 Å². The molecule has 2 aromatic rings. The van der Waals surface area contributed by atoms with Crippen LogP contribution in [0.1, 0.15) is 10.4 Å². The predicted octanol–water partition coefficient (Wildman–Crippen LogP) is 4.81. The highest BCUT2D eigenvalue weighted by molar-refractivity contribution is 7.93. The van der Waals surface area contributed by atoms with Gasteiger partial charge in [0.1, 0.15) is 4.90 Å². The van der Waals surface area contributed by atoms with Crippen molar-refractivity contribution in [1.29, 1.82) is 0 Å². The number of carbonyl (C=O) groups excluding carboxylic acids is 1.